The second-order valence-electron chi connectivity index (χ2n) is 5.71. The summed E-state index contributed by atoms with van der Waals surface area (Å²) in [5.74, 6) is 0.436. The third-order valence-corrected chi connectivity index (χ3v) is 5.08. The first-order valence-electron chi connectivity index (χ1n) is 8.23. The number of esters is 1. The van der Waals surface area contributed by atoms with E-state index in [1.54, 1.807) is 43.5 Å². The van der Waals surface area contributed by atoms with Crippen LogP contribution in [0.1, 0.15) is 21.5 Å². The summed E-state index contributed by atoms with van der Waals surface area (Å²) in [6.45, 7) is 0.260. The highest BCUT2D eigenvalue weighted by atomic mass is 32.2. The number of hydrogen-bond donors (Lipinski definition) is 1. The largest absolute Gasteiger partial charge is 0.493 e. The number of benzene rings is 2. The number of para-hydroxylation sites is 1. The number of ether oxygens (including phenoxy) is 3. The molecule has 1 saturated heterocycles. The zero-order chi connectivity index (χ0) is 20.1. The average molecular weight is 415 g/mol. The highest BCUT2D eigenvalue weighted by molar-refractivity contribution is 8.26. The van der Waals surface area contributed by atoms with Gasteiger partial charge in [0.05, 0.1) is 24.7 Å². The van der Waals surface area contributed by atoms with Crippen LogP contribution in [-0.2, 0) is 16.1 Å². The van der Waals surface area contributed by atoms with Crippen LogP contribution in [0.4, 0.5) is 0 Å². The van der Waals surface area contributed by atoms with Crippen molar-refractivity contribution in [1.29, 1.82) is 0 Å². The Morgan fingerprint density at radius 3 is 2.54 bits per heavy atom. The van der Waals surface area contributed by atoms with Gasteiger partial charge in [0, 0.05) is 5.56 Å². The molecule has 0 atom stereocenters. The van der Waals surface area contributed by atoms with Crippen molar-refractivity contribution in [2.75, 3.05) is 14.2 Å². The fraction of sp³-hybridized carbons (Fsp3) is 0.150. The first-order valence-corrected chi connectivity index (χ1v) is 9.46. The molecule has 1 aliphatic rings. The minimum absolute atomic E-state index is 0.234. The molecule has 28 heavy (non-hydrogen) atoms. The van der Waals surface area contributed by atoms with Crippen LogP contribution in [0.25, 0.3) is 6.08 Å². The number of hydrogen-bond acceptors (Lipinski definition) is 7. The maximum absolute atomic E-state index is 11.9. The fourth-order valence-electron chi connectivity index (χ4n) is 2.53. The van der Waals surface area contributed by atoms with Crippen molar-refractivity contribution in [3.05, 3.63) is 64.1 Å². The van der Waals surface area contributed by atoms with Crippen LogP contribution in [0.15, 0.2) is 47.4 Å². The molecule has 3 rings (SSSR count). The third kappa shape index (κ3) is 4.52. The summed E-state index contributed by atoms with van der Waals surface area (Å²) in [4.78, 5) is 24.0. The van der Waals surface area contributed by atoms with Crippen LogP contribution in [0, 0.1) is 0 Å². The van der Waals surface area contributed by atoms with Gasteiger partial charge in [0.2, 0.25) is 0 Å². The van der Waals surface area contributed by atoms with Crippen molar-refractivity contribution in [3.63, 3.8) is 0 Å². The van der Waals surface area contributed by atoms with Crippen LogP contribution >= 0.6 is 24.0 Å². The van der Waals surface area contributed by atoms with Crippen LogP contribution in [0.5, 0.6) is 11.5 Å². The molecular weight excluding hydrogens is 398 g/mol. The van der Waals surface area contributed by atoms with E-state index < -0.39 is 5.97 Å². The Kier molecular flexibility index (Phi) is 6.33. The first kappa shape index (κ1) is 19.9. The van der Waals surface area contributed by atoms with E-state index in [1.807, 2.05) is 12.1 Å². The SMILES string of the molecule is COC(=O)c1ccc(COc2c(/C=C3\SC(=S)NC3=O)cccc2OC)cc1. The molecule has 8 heteroatoms. The van der Waals surface area contributed by atoms with Gasteiger partial charge in [-0.15, -0.1) is 0 Å². The zero-order valence-corrected chi connectivity index (χ0v) is 16.8. The molecule has 0 aromatic heterocycles. The van der Waals surface area contributed by atoms with E-state index in [1.165, 1.54) is 18.9 Å². The second kappa shape index (κ2) is 8.90. The molecule has 1 N–H and O–H groups in total. The maximum Gasteiger partial charge on any atom is 0.337 e. The van der Waals surface area contributed by atoms with Gasteiger partial charge >= 0.3 is 5.97 Å². The van der Waals surface area contributed by atoms with Gasteiger partial charge in [-0.05, 0) is 29.8 Å². The number of thiocarbonyl (C=S) groups is 1. The van der Waals surface area contributed by atoms with Crippen LogP contribution in [-0.4, -0.2) is 30.4 Å². The van der Waals surface area contributed by atoms with E-state index >= 15 is 0 Å². The smallest absolute Gasteiger partial charge is 0.337 e. The number of carbonyl (C=O) groups is 2. The number of amides is 1. The number of methoxy groups -OCH3 is 2. The number of nitrogens with one attached hydrogen (secondary N) is 1. The fourth-order valence-corrected chi connectivity index (χ4v) is 3.57. The van der Waals surface area contributed by atoms with Crippen molar-refractivity contribution in [3.8, 4) is 11.5 Å². The monoisotopic (exact) mass is 415 g/mol. The van der Waals surface area contributed by atoms with Crippen molar-refractivity contribution >= 4 is 46.3 Å². The Balaban J connectivity index is 1.83. The molecule has 1 aliphatic heterocycles. The zero-order valence-electron chi connectivity index (χ0n) is 15.2. The van der Waals surface area contributed by atoms with E-state index in [0.717, 1.165) is 5.56 Å². The minimum atomic E-state index is -0.392. The molecule has 0 saturated carbocycles. The van der Waals surface area contributed by atoms with Gasteiger partial charge in [0.25, 0.3) is 5.91 Å². The quantitative estimate of drug-likeness (QED) is 0.439. The molecule has 1 heterocycles. The van der Waals surface area contributed by atoms with Gasteiger partial charge < -0.3 is 19.5 Å². The Morgan fingerprint density at radius 1 is 1.18 bits per heavy atom. The predicted molar refractivity (Wildman–Crippen MR) is 111 cm³/mol. The van der Waals surface area contributed by atoms with Crippen LogP contribution < -0.4 is 14.8 Å². The van der Waals surface area contributed by atoms with E-state index in [9.17, 15) is 9.59 Å². The Morgan fingerprint density at radius 2 is 1.93 bits per heavy atom. The van der Waals surface area contributed by atoms with E-state index in [4.69, 9.17) is 26.4 Å². The summed E-state index contributed by atoms with van der Waals surface area (Å²) < 4.78 is 16.5. The molecule has 1 amide bonds. The lowest BCUT2D eigenvalue weighted by Crippen LogP contribution is -2.17. The topological polar surface area (TPSA) is 73.9 Å². The Bertz CT molecular complexity index is 954. The standard InChI is InChI=1S/C20H17NO5S2/c1-24-15-5-3-4-14(10-16-18(22)21-20(27)28-16)17(15)26-11-12-6-8-13(9-7-12)19(23)25-2/h3-10H,11H2,1-2H3,(H,21,22,27)/b16-10-. The highest BCUT2D eigenvalue weighted by Crippen LogP contribution is 2.35. The summed E-state index contributed by atoms with van der Waals surface area (Å²) in [5.41, 5.74) is 2.04. The average Bonchev–Trinajstić information content (AvgIpc) is 3.03. The normalized spacial score (nSPS) is 14.7. The van der Waals surface area contributed by atoms with Crippen molar-refractivity contribution in [1.82, 2.24) is 5.32 Å². The van der Waals surface area contributed by atoms with E-state index in [2.05, 4.69) is 5.32 Å². The molecule has 0 radical (unpaired) electrons. The number of thioether (sulfide) groups is 1. The summed E-state index contributed by atoms with van der Waals surface area (Å²) in [5, 5.41) is 2.59. The molecule has 0 spiro atoms. The number of carbonyl (C=O) groups excluding carboxylic acids is 2. The molecule has 1 fully saturated rings. The molecule has 2 aromatic rings. The van der Waals surface area contributed by atoms with E-state index in [0.29, 0.717) is 31.9 Å². The maximum atomic E-state index is 11.9. The second-order valence-corrected chi connectivity index (χ2v) is 7.43. The minimum Gasteiger partial charge on any atom is -0.493 e. The molecule has 0 bridgehead atoms. The van der Waals surface area contributed by atoms with Crippen molar-refractivity contribution < 1.29 is 23.8 Å². The van der Waals surface area contributed by atoms with Crippen LogP contribution in [0.2, 0.25) is 0 Å². The van der Waals surface area contributed by atoms with E-state index in [-0.39, 0.29) is 12.5 Å². The van der Waals surface area contributed by atoms with Crippen molar-refractivity contribution in [2.24, 2.45) is 0 Å². The molecule has 0 aliphatic carbocycles. The predicted octanol–water partition coefficient (Wildman–Crippen LogP) is 3.55. The van der Waals surface area contributed by atoms with Gasteiger partial charge in [-0.1, -0.05) is 48.2 Å². The van der Waals surface area contributed by atoms with Gasteiger partial charge in [-0.25, -0.2) is 4.79 Å². The first-order chi connectivity index (χ1) is 13.5. The lowest BCUT2D eigenvalue weighted by atomic mass is 10.1. The number of rotatable bonds is 6. The molecule has 6 nitrogen and oxygen atoms in total. The lowest BCUT2D eigenvalue weighted by molar-refractivity contribution is -0.115. The molecule has 144 valence electrons. The van der Waals surface area contributed by atoms with Crippen LogP contribution in [0.3, 0.4) is 0 Å². The van der Waals surface area contributed by atoms with Gasteiger partial charge in [-0.3, -0.25) is 4.79 Å². The lowest BCUT2D eigenvalue weighted by Gasteiger charge is -2.14. The third-order valence-electron chi connectivity index (χ3n) is 3.92. The molecular formula is C20H17NO5S2. The van der Waals surface area contributed by atoms with Gasteiger partial charge in [0.1, 0.15) is 10.9 Å². The summed E-state index contributed by atoms with van der Waals surface area (Å²) >= 11 is 6.23. The molecule has 0 unspecified atom stereocenters. The highest BCUT2D eigenvalue weighted by Gasteiger charge is 2.23. The summed E-state index contributed by atoms with van der Waals surface area (Å²) in [7, 11) is 2.89. The molecule has 2 aromatic carbocycles. The Hall–Kier alpha value is -2.84. The Labute approximate surface area is 171 Å². The summed E-state index contributed by atoms with van der Waals surface area (Å²) in [6, 6.07) is 12.4. The van der Waals surface area contributed by atoms with Gasteiger partial charge in [-0.2, -0.15) is 0 Å². The van der Waals surface area contributed by atoms with Gasteiger partial charge in [0.15, 0.2) is 11.5 Å². The van der Waals surface area contributed by atoms with Crippen molar-refractivity contribution in [2.45, 2.75) is 6.61 Å². The summed E-state index contributed by atoms with van der Waals surface area (Å²) in [6.07, 6.45) is 1.72.